The Morgan fingerprint density at radius 1 is 1.47 bits per heavy atom. The quantitative estimate of drug-likeness (QED) is 0.790. The maximum Gasteiger partial charge on any atom is 0.216 e. The van der Waals surface area contributed by atoms with E-state index in [9.17, 15) is 4.79 Å². The van der Waals surface area contributed by atoms with Gasteiger partial charge in [-0.15, -0.1) is 5.10 Å². The summed E-state index contributed by atoms with van der Waals surface area (Å²) < 4.78 is 6.78. The predicted octanol–water partition coefficient (Wildman–Crippen LogP) is 2.58. The third-order valence-electron chi connectivity index (χ3n) is 2.69. The summed E-state index contributed by atoms with van der Waals surface area (Å²) in [6.07, 6.45) is 2.34. The van der Waals surface area contributed by atoms with Crippen LogP contribution in [0, 0.1) is 0 Å². The minimum absolute atomic E-state index is 0.174. The van der Waals surface area contributed by atoms with E-state index in [2.05, 4.69) is 10.3 Å². The largest absolute Gasteiger partial charge is 0.496 e. The molecule has 0 saturated heterocycles. The molecular weight excluding hydrogens is 266 g/mol. The second-order valence-corrected chi connectivity index (χ2v) is 4.45. The van der Waals surface area contributed by atoms with Gasteiger partial charge < -0.3 is 4.74 Å². The van der Waals surface area contributed by atoms with Gasteiger partial charge in [0, 0.05) is 11.6 Å². The van der Waals surface area contributed by atoms with Gasteiger partial charge in [0.1, 0.15) is 11.4 Å². The van der Waals surface area contributed by atoms with Crippen molar-refractivity contribution in [2.75, 3.05) is 7.11 Å². The Hall–Kier alpha value is -1.88. The molecule has 2 rings (SSSR count). The topological polar surface area (TPSA) is 57.0 Å². The molecule has 0 spiro atoms. The van der Waals surface area contributed by atoms with Crippen LogP contribution in [0.5, 0.6) is 5.75 Å². The molecule has 1 aromatic heterocycles. The number of halogens is 1. The second-order valence-electron chi connectivity index (χ2n) is 4.02. The number of nitrogens with zero attached hydrogens (tertiary/aromatic N) is 3. The monoisotopic (exact) mass is 279 g/mol. The average molecular weight is 280 g/mol. The molecule has 0 aliphatic rings. The number of carbonyl (C=O) groups is 1. The number of ketones is 1. The molecule has 0 fully saturated rings. The molecule has 19 heavy (non-hydrogen) atoms. The molecule has 0 saturated carbocycles. The van der Waals surface area contributed by atoms with Crippen LogP contribution >= 0.6 is 11.6 Å². The fraction of sp³-hybridized carbons (Fsp3) is 0.308. The standard InChI is InChI=1S/C13H14ClN3O2/c1-3-6-17-11(8-15-16-17)13(18)10-5-4-9(14)7-12(10)19-2/h4-5,7-8H,3,6H2,1-2H3. The zero-order valence-electron chi connectivity index (χ0n) is 10.8. The number of hydrogen-bond acceptors (Lipinski definition) is 4. The highest BCUT2D eigenvalue weighted by Crippen LogP contribution is 2.25. The predicted molar refractivity (Wildman–Crippen MR) is 71.7 cm³/mol. The number of hydrogen-bond donors (Lipinski definition) is 0. The van der Waals surface area contributed by atoms with Gasteiger partial charge in [-0.1, -0.05) is 23.7 Å². The molecule has 1 aromatic carbocycles. The van der Waals surface area contributed by atoms with Crippen LogP contribution in [0.2, 0.25) is 5.02 Å². The highest BCUT2D eigenvalue weighted by Gasteiger charge is 2.19. The molecule has 2 aromatic rings. The van der Waals surface area contributed by atoms with Crippen molar-refractivity contribution < 1.29 is 9.53 Å². The van der Waals surface area contributed by atoms with E-state index in [1.54, 1.807) is 22.9 Å². The maximum atomic E-state index is 12.5. The molecule has 0 amide bonds. The summed E-state index contributed by atoms with van der Waals surface area (Å²) >= 11 is 5.88. The third kappa shape index (κ3) is 2.76. The van der Waals surface area contributed by atoms with E-state index < -0.39 is 0 Å². The lowest BCUT2D eigenvalue weighted by atomic mass is 10.1. The van der Waals surface area contributed by atoms with E-state index in [-0.39, 0.29) is 5.78 Å². The van der Waals surface area contributed by atoms with Gasteiger partial charge in [0.25, 0.3) is 0 Å². The molecule has 0 aliphatic carbocycles. The Morgan fingerprint density at radius 3 is 2.95 bits per heavy atom. The van der Waals surface area contributed by atoms with Crippen molar-refractivity contribution in [2.45, 2.75) is 19.9 Å². The lowest BCUT2D eigenvalue weighted by Crippen LogP contribution is -2.12. The highest BCUT2D eigenvalue weighted by molar-refractivity contribution is 6.31. The first-order valence-corrected chi connectivity index (χ1v) is 6.32. The summed E-state index contributed by atoms with van der Waals surface area (Å²) in [5.74, 6) is 0.272. The number of aryl methyl sites for hydroxylation is 1. The zero-order chi connectivity index (χ0) is 13.8. The molecular formula is C13H14ClN3O2. The first-order chi connectivity index (χ1) is 9.17. The number of aromatic nitrogens is 3. The van der Waals surface area contributed by atoms with Gasteiger partial charge in [0.2, 0.25) is 5.78 Å². The molecule has 0 atom stereocenters. The third-order valence-corrected chi connectivity index (χ3v) is 2.93. The maximum absolute atomic E-state index is 12.5. The molecule has 0 N–H and O–H groups in total. The van der Waals surface area contributed by atoms with E-state index in [1.807, 2.05) is 6.92 Å². The molecule has 0 bridgehead atoms. The summed E-state index contributed by atoms with van der Waals surface area (Å²) in [4.78, 5) is 12.5. The van der Waals surface area contributed by atoms with Crippen molar-refractivity contribution in [1.82, 2.24) is 15.0 Å². The van der Waals surface area contributed by atoms with Crippen LogP contribution in [0.4, 0.5) is 0 Å². The van der Waals surface area contributed by atoms with Gasteiger partial charge >= 0.3 is 0 Å². The first-order valence-electron chi connectivity index (χ1n) is 5.94. The summed E-state index contributed by atoms with van der Waals surface area (Å²) in [5, 5.41) is 8.21. The smallest absolute Gasteiger partial charge is 0.216 e. The van der Waals surface area contributed by atoms with Crippen LogP contribution in [-0.2, 0) is 6.54 Å². The summed E-state index contributed by atoms with van der Waals surface area (Å²) in [6.45, 7) is 2.66. The van der Waals surface area contributed by atoms with Gasteiger partial charge in [-0.2, -0.15) is 0 Å². The van der Waals surface area contributed by atoms with Gasteiger partial charge in [0.15, 0.2) is 0 Å². The van der Waals surface area contributed by atoms with E-state index >= 15 is 0 Å². The molecule has 1 heterocycles. The van der Waals surface area contributed by atoms with Crippen molar-refractivity contribution in [3.63, 3.8) is 0 Å². The normalized spacial score (nSPS) is 10.5. The number of rotatable bonds is 5. The lowest BCUT2D eigenvalue weighted by molar-refractivity contribution is 0.102. The summed E-state index contributed by atoms with van der Waals surface area (Å²) in [6, 6.07) is 4.92. The Morgan fingerprint density at radius 2 is 2.26 bits per heavy atom. The first kappa shape index (κ1) is 13.5. The van der Waals surface area contributed by atoms with Crippen molar-refractivity contribution in [1.29, 1.82) is 0 Å². The number of carbonyl (C=O) groups excluding carboxylic acids is 1. The molecule has 0 unspecified atom stereocenters. The van der Waals surface area contributed by atoms with Crippen molar-refractivity contribution in [2.24, 2.45) is 0 Å². The number of benzene rings is 1. The van der Waals surface area contributed by atoms with Gasteiger partial charge in [-0.25, -0.2) is 4.68 Å². The minimum Gasteiger partial charge on any atom is -0.496 e. The summed E-state index contributed by atoms with van der Waals surface area (Å²) in [7, 11) is 1.50. The van der Waals surface area contributed by atoms with Gasteiger partial charge in [-0.3, -0.25) is 4.79 Å². The Bertz CT molecular complexity index is 595. The van der Waals surface area contributed by atoms with E-state index in [4.69, 9.17) is 16.3 Å². The highest BCUT2D eigenvalue weighted by atomic mass is 35.5. The van der Waals surface area contributed by atoms with Crippen LogP contribution in [0.3, 0.4) is 0 Å². The van der Waals surface area contributed by atoms with Crippen LogP contribution in [0.25, 0.3) is 0 Å². The summed E-state index contributed by atoms with van der Waals surface area (Å²) in [5.41, 5.74) is 0.897. The van der Waals surface area contributed by atoms with Crippen molar-refractivity contribution >= 4 is 17.4 Å². The van der Waals surface area contributed by atoms with E-state index in [1.165, 1.54) is 13.3 Å². The number of ether oxygens (including phenoxy) is 1. The van der Waals surface area contributed by atoms with Crippen LogP contribution in [-0.4, -0.2) is 27.9 Å². The van der Waals surface area contributed by atoms with E-state index in [0.717, 1.165) is 6.42 Å². The minimum atomic E-state index is -0.174. The fourth-order valence-electron chi connectivity index (χ4n) is 1.80. The van der Waals surface area contributed by atoms with Crippen LogP contribution in [0.15, 0.2) is 24.4 Å². The fourth-order valence-corrected chi connectivity index (χ4v) is 1.96. The Kier molecular flexibility index (Phi) is 4.16. The lowest BCUT2D eigenvalue weighted by Gasteiger charge is -2.08. The molecule has 5 nitrogen and oxygen atoms in total. The van der Waals surface area contributed by atoms with Crippen LogP contribution < -0.4 is 4.74 Å². The molecule has 0 radical (unpaired) electrons. The average Bonchev–Trinajstić information content (AvgIpc) is 2.86. The Balaban J connectivity index is 2.41. The molecule has 0 aliphatic heterocycles. The van der Waals surface area contributed by atoms with Crippen LogP contribution in [0.1, 0.15) is 29.4 Å². The second kappa shape index (κ2) is 5.84. The van der Waals surface area contributed by atoms with Crippen molar-refractivity contribution in [3.8, 4) is 5.75 Å². The molecule has 100 valence electrons. The van der Waals surface area contributed by atoms with Gasteiger partial charge in [0.05, 0.1) is 18.9 Å². The zero-order valence-corrected chi connectivity index (χ0v) is 11.5. The number of methoxy groups -OCH3 is 1. The molecule has 6 heteroatoms. The Labute approximate surface area is 116 Å². The van der Waals surface area contributed by atoms with Gasteiger partial charge in [-0.05, 0) is 24.6 Å². The van der Waals surface area contributed by atoms with Crippen molar-refractivity contribution in [3.05, 3.63) is 40.7 Å². The SMILES string of the molecule is CCCn1nncc1C(=O)c1ccc(Cl)cc1OC. The van der Waals surface area contributed by atoms with E-state index in [0.29, 0.717) is 28.6 Å².